The van der Waals surface area contributed by atoms with E-state index in [1.54, 1.807) is 0 Å². The van der Waals surface area contributed by atoms with Crippen molar-refractivity contribution in [3.63, 3.8) is 0 Å². The van der Waals surface area contributed by atoms with E-state index in [0.717, 1.165) is 89.6 Å². The molecule has 0 saturated heterocycles. The van der Waals surface area contributed by atoms with Crippen molar-refractivity contribution in [1.82, 2.24) is 9.13 Å². The van der Waals surface area contributed by atoms with Crippen LogP contribution in [0.3, 0.4) is 0 Å². The Hall–Kier alpha value is -7.34. The number of allylic oxidation sites excluding steroid dienone is 7. The Bertz CT molecular complexity index is 3130. The molecule has 3 heterocycles. The lowest BCUT2D eigenvalue weighted by Crippen LogP contribution is -2.18. The zero-order valence-electron chi connectivity index (χ0n) is 30.9. The van der Waals surface area contributed by atoms with Gasteiger partial charge in [-0.05, 0) is 83.7 Å². The van der Waals surface area contributed by atoms with Gasteiger partial charge in [-0.3, -0.25) is 0 Å². The standard InChI is InChI=1S/C51H36N4O/c1-32(34-13-5-3-6-14-34)21-24-43-33(2)42-27-36(35-15-7-4-8-16-35)22-25-45(42)54(43)47-28-38(31-53)48(29-37(47)30-52)55-44-19-11-9-18-41(44)50-46(55)26-23-40-39-17-10-12-20-49(39)56-51(40)50/h3-26,29,36,38H,1,27-28H2,2H3/b24-21-. The average molecular weight is 721 g/mol. The molecule has 2 unspecified atom stereocenters. The summed E-state index contributed by atoms with van der Waals surface area (Å²) in [5, 5.41) is 26.1. The van der Waals surface area contributed by atoms with Gasteiger partial charge in [0.15, 0.2) is 0 Å². The molecule has 0 saturated carbocycles. The molecule has 0 bridgehead atoms. The molecule has 2 aliphatic carbocycles. The number of benzene rings is 5. The Labute approximate surface area is 324 Å². The molecule has 56 heavy (non-hydrogen) atoms. The number of hydrogen-bond donors (Lipinski definition) is 0. The Morgan fingerprint density at radius 1 is 0.786 bits per heavy atom. The minimum absolute atomic E-state index is 0.233. The van der Waals surface area contributed by atoms with Crippen LogP contribution >= 0.6 is 0 Å². The van der Waals surface area contributed by atoms with E-state index in [0.29, 0.717) is 12.0 Å². The maximum atomic E-state index is 11.0. The second kappa shape index (κ2) is 13.2. The molecule has 0 radical (unpaired) electrons. The lowest BCUT2D eigenvalue weighted by atomic mass is 9.86. The minimum Gasteiger partial charge on any atom is -0.455 e. The summed E-state index contributed by atoms with van der Waals surface area (Å²) < 4.78 is 10.9. The summed E-state index contributed by atoms with van der Waals surface area (Å²) in [5.74, 6) is -0.302. The zero-order valence-corrected chi connectivity index (χ0v) is 30.9. The van der Waals surface area contributed by atoms with Gasteiger partial charge in [-0.25, -0.2) is 0 Å². The number of nitrogens with zero attached hydrogens (tertiary/aromatic N) is 4. The number of para-hydroxylation sites is 2. The fraction of sp³-hybridized carbons (Fsp3) is 0.0980. The van der Waals surface area contributed by atoms with Crippen LogP contribution in [0, 0.1) is 35.5 Å². The van der Waals surface area contributed by atoms with Gasteiger partial charge < -0.3 is 13.6 Å². The van der Waals surface area contributed by atoms with Gasteiger partial charge in [-0.1, -0.05) is 116 Å². The van der Waals surface area contributed by atoms with E-state index in [1.807, 2.05) is 54.6 Å². The molecule has 0 N–H and O–H groups in total. The molecule has 0 amide bonds. The highest BCUT2D eigenvalue weighted by molar-refractivity contribution is 6.24. The first kappa shape index (κ1) is 33.2. The Kier molecular flexibility index (Phi) is 7.84. The summed E-state index contributed by atoms with van der Waals surface area (Å²) >= 11 is 0. The van der Waals surface area contributed by atoms with Crippen LogP contribution in [-0.4, -0.2) is 9.13 Å². The van der Waals surface area contributed by atoms with E-state index in [9.17, 15) is 10.5 Å². The van der Waals surface area contributed by atoms with Crippen LogP contribution in [0.15, 0.2) is 156 Å². The maximum absolute atomic E-state index is 11.0. The van der Waals surface area contributed by atoms with Gasteiger partial charge >= 0.3 is 0 Å². The summed E-state index contributed by atoms with van der Waals surface area (Å²) in [7, 11) is 0. The maximum Gasteiger partial charge on any atom is 0.145 e. The molecule has 5 aromatic carbocycles. The SMILES string of the molecule is C=C(/C=C\c1c(C)c2c(n1C1=C(C#N)C=C(n3c4ccccc4c4c5oc6ccccc6c5ccc43)C(C#N)C1)C=CC(c1ccccc1)C2)c1ccccc1. The molecule has 8 aromatic rings. The third-order valence-electron chi connectivity index (χ3n) is 11.7. The molecule has 10 rings (SSSR count). The van der Waals surface area contributed by atoms with E-state index in [2.05, 4.69) is 132 Å². The van der Waals surface area contributed by atoms with Crippen molar-refractivity contribution in [1.29, 1.82) is 10.5 Å². The van der Waals surface area contributed by atoms with Gasteiger partial charge in [-0.15, -0.1) is 0 Å². The van der Waals surface area contributed by atoms with Crippen LogP contribution in [0.2, 0.25) is 0 Å². The van der Waals surface area contributed by atoms with Gasteiger partial charge in [0.25, 0.3) is 0 Å². The molecular weight excluding hydrogens is 685 g/mol. The first-order chi connectivity index (χ1) is 27.5. The molecule has 2 atom stereocenters. The monoisotopic (exact) mass is 720 g/mol. The second-order valence-corrected chi connectivity index (χ2v) is 14.7. The predicted molar refractivity (Wildman–Crippen MR) is 229 cm³/mol. The fourth-order valence-electron chi connectivity index (χ4n) is 8.95. The van der Waals surface area contributed by atoms with Crippen molar-refractivity contribution >= 4 is 72.9 Å². The minimum atomic E-state index is -0.536. The summed E-state index contributed by atoms with van der Waals surface area (Å²) in [6, 6.07) is 46.6. The molecule has 5 heteroatoms. The highest BCUT2D eigenvalue weighted by atomic mass is 16.3. The Morgan fingerprint density at radius 3 is 2.30 bits per heavy atom. The smallest absolute Gasteiger partial charge is 0.145 e. The summed E-state index contributed by atoms with van der Waals surface area (Å²) in [5.41, 5.74) is 13.4. The quantitative estimate of drug-likeness (QED) is 0.161. The van der Waals surface area contributed by atoms with Crippen LogP contribution in [0.4, 0.5) is 0 Å². The van der Waals surface area contributed by atoms with Crippen LogP contribution < -0.4 is 0 Å². The van der Waals surface area contributed by atoms with Crippen molar-refractivity contribution in [2.24, 2.45) is 5.92 Å². The molecule has 0 spiro atoms. The number of furan rings is 1. The van der Waals surface area contributed by atoms with Gasteiger partial charge in [0.05, 0.1) is 34.0 Å². The van der Waals surface area contributed by atoms with E-state index < -0.39 is 5.92 Å². The number of fused-ring (bicyclic) bond motifs is 8. The second-order valence-electron chi connectivity index (χ2n) is 14.7. The first-order valence-electron chi connectivity index (χ1n) is 19.0. The molecule has 3 aromatic heterocycles. The number of nitriles is 2. The lowest BCUT2D eigenvalue weighted by Gasteiger charge is -2.27. The third-order valence-corrected chi connectivity index (χ3v) is 11.7. The zero-order chi connectivity index (χ0) is 37.9. The van der Waals surface area contributed by atoms with Gasteiger partial charge in [0, 0.05) is 51.3 Å². The summed E-state index contributed by atoms with van der Waals surface area (Å²) in [6.07, 6.45) is 11.8. The number of rotatable bonds is 6. The number of hydrogen-bond acceptors (Lipinski definition) is 3. The van der Waals surface area contributed by atoms with Crippen LogP contribution in [0.5, 0.6) is 0 Å². The summed E-state index contributed by atoms with van der Waals surface area (Å²) in [4.78, 5) is 0. The van der Waals surface area contributed by atoms with Crippen molar-refractivity contribution < 1.29 is 4.42 Å². The molecule has 5 nitrogen and oxygen atoms in total. The highest BCUT2D eigenvalue weighted by Crippen LogP contribution is 2.46. The van der Waals surface area contributed by atoms with E-state index >= 15 is 0 Å². The fourth-order valence-corrected chi connectivity index (χ4v) is 8.95. The first-order valence-corrected chi connectivity index (χ1v) is 19.0. The molecular formula is C51H36N4O. The molecule has 0 fully saturated rings. The van der Waals surface area contributed by atoms with E-state index in [1.165, 1.54) is 11.1 Å². The van der Waals surface area contributed by atoms with Crippen molar-refractivity contribution in [3.8, 4) is 12.1 Å². The Morgan fingerprint density at radius 2 is 1.52 bits per heavy atom. The highest BCUT2D eigenvalue weighted by Gasteiger charge is 2.32. The van der Waals surface area contributed by atoms with Gasteiger partial charge in [0.2, 0.25) is 0 Å². The van der Waals surface area contributed by atoms with Crippen molar-refractivity contribution in [2.75, 3.05) is 0 Å². The van der Waals surface area contributed by atoms with Crippen molar-refractivity contribution in [3.05, 3.63) is 185 Å². The Balaban J connectivity index is 1.18. The topological polar surface area (TPSA) is 70.6 Å². The molecule has 266 valence electrons. The van der Waals surface area contributed by atoms with E-state index in [4.69, 9.17) is 4.42 Å². The molecule has 2 aliphatic rings. The summed E-state index contributed by atoms with van der Waals surface area (Å²) in [6.45, 7) is 6.56. The normalized spacial score (nSPS) is 16.8. The lowest BCUT2D eigenvalue weighted by molar-refractivity contribution is 0.673. The average Bonchev–Trinajstić information content (AvgIpc) is 3.89. The van der Waals surface area contributed by atoms with E-state index in [-0.39, 0.29) is 5.92 Å². The van der Waals surface area contributed by atoms with Crippen LogP contribution in [0.1, 0.15) is 46.0 Å². The van der Waals surface area contributed by atoms with Crippen LogP contribution in [0.25, 0.3) is 72.9 Å². The van der Waals surface area contributed by atoms with Crippen LogP contribution in [-0.2, 0) is 6.42 Å². The molecule has 0 aliphatic heterocycles. The third kappa shape index (κ3) is 5.13. The predicted octanol–water partition coefficient (Wildman–Crippen LogP) is 12.7. The largest absolute Gasteiger partial charge is 0.455 e. The van der Waals surface area contributed by atoms with Gasteiger partial charge in [-0.2, -0.15) is 10.5 Å². The van der Waals surface area contributed by atoms with Gasteiger partial charge in [0.1, 0.15) is 17.2 Å². The van der Waals surface area contributed by atoms with Crippen molar-refractivity contribution in [2.45, 2.75) is 25.7 Å². The number of aromatic nitrogens is 2.